The predicted octanol–water partition coefficient (Wildman–Crippen LogP) is 9.20. The van der Waals surface area contributed by atoms with Crippen molar-refractivity contribution in [3.63, 3.8) is 0 Å². The van der Waals surface area contributed by atoms with Gasteiger partial charge in [0, 0.05) is 15.8 Å². The normalized spacial score (nSPS) is 13.2. The van der Waals surface area contributed by atoms with Crippen LogP contribution in [-0.2, 0) is 10.8 Å². The van der Waals surface area contributed by atoms with E-state index < -0.39 is 0 Å². The Morgan fingerprint density at radius 2 is 1.49 bits per heavy atom. The molecule has 0 radical (unpaired) electrons. The van der Waals surface area contributed by atoms with Crippen molar-refractivity contribution in [3.05, 3.63) is 82.0 Å². The topological polar surface area (TPSA) is 86.3 Å². The molecule has 2 aromatic heterocycles. The molecule has 0 fully saturated rings. The molecule has 2 aromatic rings. The molecule has 8 heteroatoms. The van der Waals surface area contributed by atoms with Crippen LogP contribution in [0, 0.1) is 44.4 Å². The number of hydrogen-bond acceptors (Lipinski definition) is 6. The highest BCUT2D eigenvalue weighted by molar-refractivity contribution is 7.15. The summed E-state index contributed by atoms with van der Waals surface area (Å²) in [7, 11) is 0. The van der Waals surface area contributed by atoms with Crippen LogP contribution in [0.1, 0.15) is 96.5 Å². The molecule has 202 valence electrons. The maximum atomic E-state index is 10.8. The summed E-state index contributed by atoms with van der Waals surface area (Å²) in [5, 5.41) is 23.5. The van der Waals surface area contributed by atoms with E-state index in [4.69, 9.17) is 0 Å². The van der Waals surface area contributed by atoms with Gasteiger partial charge in [-0.3, -0.25) is 20.2 Å². The Kier molecular flexibility index (Phi) is 11.0. The van der Waals surface area contributed by atoms with Crippen molar-refractivity contribution in [2.24, 2.45) is 5.41 Å². The van der Waals surface area contributed by atoms with E-state index in [2.05, 4.69) is 71.8 Å². The van der Waals surface area contributed by atoms with E-state index in [-0.39, 0.29) is 25.7 Å². The van der Waals surface area contributed by atoms with E-state index in [1.165, 1.54) is 21.8 Å². The van der Waals surface area contributed by atoms with Crippen LogP contribution < -0.4 is 0 Å². The molecule has 0 amide bonds. The van der Waals surface area contributed by atoms with Crippen molar-refractivity contribution in [1.82, 2.24) is 0 Å². The first-order chi connectivity index (χ1) is 16.8. The van der Waals surface area contributed by atoms with Gasteiger partial charge >= 0.3 is 5.00 Å². The molecule has 2 heterocycles. The minimum atomic E-state index is -0.362. The molecular weight excluding hydrogens is 504 g/mol. The average molecular weight is 545 g/mol. The van der Waals surface area contributed by atoms with Crippen molar-refractivity contribution in [3.8, 4) is 11.8 Å². The van der Waals surface area contributed by atoms with E-state index in [0.29, 0.717) is 23.1 Å². The largest absolute Gasteiger partial charge is 0.339 e. The molecule has 0 bridgehead atoms. The van der Waals surface area contributed by atoms with Crippen LogP contribution in [0.4, 0.5) is 5.00 Å². The molecule has 0 aliphatic heterocycles. The van der Waals surface area contributed by atoms with Gasteiger partial charge in [0.2, 0.25) is 5.70 Å². The third-order valence-corrected chi connectivity index (χ3v) is 8.42. The van der Waals surface area contributed by atoms with Crippen molar-refractivity contribution in [1.29, 1.82) is 0 Å². The number of aryl methyl sites for hydroxylation is 1. The summed E-state index contributed by atoms with van der Waals surface area (Å²) in [4.78, 5) is 23.0. The molecule has 0 N–H and O–H groups in total. The van der Waals surface area contributed by atoms with E-state index in [0.717, 1.165) is 10.5 Å². The zero-order valence-corrected chi connectivity index (χ0v) is 25.6. The molecule has 0 saturated carbocycles. The van der Waals surface area contributed by atoms with E-state index in [1.807, 2.05) is 44.3 Å². The maximum Gasteiger partial charge on any atom is 0.339 e. The SMILES string of the molecule is CC#Cc1cc(C(C)(C)C)sc1[N+](=O)[O-].CC(C)(C)C1=CC=C([N+](=O)[O-])C1.Cc1ccsc1C(C)(C)C. The third kappa shape index (κ3) is 9.90. The minimum Gasteiger partial charge on any atom is -0.259 e. The van der Waals surface area contributed by atoms with Crippen LogP contribution in [0.25, 0.3) is 0 Å². The summed E-state index contributed by atoms with van der Waals surface area (Å²) in [5.41, 5.74) is 3.71. The first-order valence-corrected chi connectivity index (χ1v) is 13.8. The second-order valence-electron chi connectivity index (χ2n) is 11.9. The molecule has 0 unspecified atom stereocenters. The van der Waals surface area contributed by atoms with Gasteiger partial charge in [0.1, 0.15) is 5.56 Å². The van der Waals surface area contributed by atoms with E-state index in [9.17, 15) is 20.2 Å². The lowest BCUT2D eigenvalue weighted by molar-refractivity contribution is -0.426. The summed E-state index contributed by atoms with van der Waals surface area (Å²) in [6.45, 7) is 22.9. The average Bonchev–Trinajstić information content (AvgIpc) is 3.46. The van der Waals surface area contributed by atoms with Crippen LogP contribution in [0.2, 0.25) is 0 Å². The van der Waals surface area contributed by atoms with E-state index in [1.54, 1.807) is 13.0 Å². The number of nitro groups is 2. The van der Waals surface area contributed by atoms with Gasteiger partial charge in [-0.2, -0.15) is 0 Å². The Morgan fingerprint density at radius 3 is 1.78 bits per heavy atom. The number of allylic oxidation sites excluding steroid dienone is 3. The van der Waals surface area contributed by atoms with Crippen molar-refractivity contribution >= 4 is 27.7 Å². The molecule has 6 nitrogen and oxygen atoms in total. The van der Waals surface area contributed by atoms with Gasteiger partial charge in [-0.15, -0.1) is 17.3 Å². The molecule has 0 atom stereocenters. The highest BCUT2D eigenvalue weighted by atomic mass is 32.1. The van der Waals surface area contributed by atoms with Crippen LogP contribution in [0.3, 0.4) is 0 Å². The van der Waals surface area contributed by atoms with Crippen molar-refractivity contribution in [2.75, 3.05) is 0 Å². The Hall–Kier alpha value is -2.76. The van der Waals surface area contributed by atoms with Crippen LogP contribution in [0.5, 0.6) is 0 Å². The van der Waals surface area contributed by atoms with Gasteiger partial charge in [0.25, 0.3) is 0 Å². The summed E-state index contributed by atoms with van der Waals surface area (Å²) < 4.78 is 0. The maximum absolute atomic E-state index is 10.8. The summed E-state index contributed by atoms with van der Waals surface area (Å²) in [5.74, 6) is 5.46. The number of thiophene rings is 2. The molecular formula is C29H40N2O4S2. The van der Waals surface area contributed by atoms with Crippen LogP contribution in [0.15, 0.2) is 40.9 Å². The Labute approximate surface area is 229 Å². The predicted molar refractivity (Wildman–Crippen MR) is 157 cm³/mol. The number of nitrogens with zero attached hydrogens (tertiary/aromatic N) is 2. The standard InChI is InChI=1S/C11H13NO2S.C9H13NO2.C9H14S/c1-5-6-8-7-9(11(2,3)4)15-10(8)12(13)14;1-9(2,3)7-4-5-8(6-7)10(11)12;1-7-5-6-10-8(7)9(2,3)4/h7H,1-4H3;4-5H,6H2,1-3H3;5-6H,1-4H3. The van der Waals surface area contributed by atoms with Gasteiger partial charge in [0.05, 0.1) is 16.3 Å². The molecule has 1 aliphatic rings. The lowest BCUT2D eigenvalue weighted by Gasteiger charge is -2.19. The summed E-state index contributed by atoms with van der Waals surface area (Å²) >= 11 is 3.07. The Balaban J connectivity index is 0.000000283. The minimum absolute atomic E-state index is 0.0499. The fraction of sp³-hybridized carbons (Fsp3) is 0.517. The highest BCUT2D eigenvalue weighted by Gasteiger charge is 2.26. The van der Waals surface area contributed by atoms with Crippen molar-refractivity contribution < 1.29 is 9.85 Å². The first kappa shape index (κ1) is 32.3. The zero-order chi connectivity index (χ0) is 28.8. The molecule has 3 rings (SSSR count). The lowest BCUT2D eigenvalue weighted by Crippen LogP contribution is -2.09. The Morgan fingerprint density at radius 1 is 0.892 bits per heavy atom. The fourth-order valence-corrected chi connectivity index (χ4v) is 5.40. The van der Waals surface area contributed by atoms with Gasteiger partial charge in [0.15, 0.2) is 0 Å². The quantitative estimate of drug-likeness (QED) is 0.214. The van der Waals surface area contributed by atoms with Gasteiger partial charge in [-0.05, 0) is 53.2 Å². The molecule has 0 saturated heterocycles. The highest BCUT2D eigenvalue weighted by Crippen LogP contribution is 2.37. The van der Waals surface area contributed by atoms with E-state index >= 15 is 0 Å². The smallest absolute Gasteiger partial charge is 0.259 e. The van der Waals surface area contributed by atoms with Gasteiger partial charge in [-0.1, -0.05) is 91.2 Å². The number of rotatable bonds is 2. The zero-order valence-electron chi connectivity index (χ0n) is 23.9. The second-order valence-corrected chi connectivity index (χ2v) is 13.9. The first-order valence-electron chi connectivity index (χ1n) is 12.1. The molecule has 37 heavy (non-hydrogen) atoms. The fourth-order valence-electron chi connectivity index (χ4n) is 3.40. The van der Waals surface area contributed by atoms with Gasteiger partial charge in [-0.25, -0.2) is 0 Å². The van der Waals surface area contributed by atoms with Crippen molar-refractivity contribution in [2.45, 2.75) is 93.4 Å². The van der Waals surface area contributed by atoms with Crippen LogP contribution in [-0.4, -0.2) is 9.85 Å². The summed E-state index contributed by atoms with van der Waals surface area (Å²) in [6, 6.07) is 4.00. The monoisotopic (exact) mass is 544 g/mol. The second kappa shape index (κ2) is 12.7. The molecule has 1 aliphatic carbocycles. The summed E-state index contributed by atoms with van der Waals surface area (Å²) in [6.07, 6.45) is 3.95. The third-order valence-electron chi connectivity index (χ3n) is 5.47. The lowest BCUT2D eigenvalue weighted by atomic mass is 9.86. The van der Waals surface area contributed by atoms with Crippen LogP contribution >= 0.6 is 22.7 Å². The molecule has 0 aromatic carbocycles. The molecule has 0 spiro atoms. The van der Waals surface area contributed by atoms with Gasteiger partial charge < -0.3 is 0 Å². The Bertz CT molecular complexity index is 1230. The number of hydrogen-bond donors (Lipinski definition) is 0.